The predicted octanol–water partition coefficient (Wildman–Crippen LogP) is 4.21. The van der Waals surface area contributed by atoms with E-state index in [2.05, 4.69) is 10.6 Å². The first kappa shape index (κ1) is 23.3. The number of carbonyl (C=O) groups excluding carboxylic acids is 2. The molecule has 0 spiro atoms. The highest BCUT2D eigenvalue weighted by atomic mass is 16.6. The van der Waals surface area contributed by atoms with Crippen LogP contribution in [0.25, 0.3) is 10.9 Å². The number of nitrogens with one attached hydrogen (secondary N) is 2. The maximum absolute atomic E-state index is 12.6. The van der Waals surface area contributed by atoms with Gasteiger partial charge < -0.3 is 24.7 Å². The van der Waals surface area contributed by atoms with Gasteiger partial charge in [-0.2, -0.15) is 0 Å². The summed E-state index contributed by atoms with van der Waals surface area (Å²) in [6.07, 6.45) is 1.70. The molecular weight excluding hydrogens is 452 g/mol. The number of non-ortho nitro benzene ring substituents is 1. The smallest absolute Gasteiger partial charge is 0.270 e. The third kappa shape index (κ3) is 5.74. The number of carbonyl (C=O) groups is 2. The second-order valence-corrected chi connectivity index (χ2v) is 7.56. The molecule has 4 rings (SSSR count). The number of aromatic nitrogens is 1. The number of nitro groups is 1. The van der Waals surface area contributed by atoms with Crippen molar-refractivity contribution in [3.05, 3.63) is 89.1 Å². The Kier molecular flexibility index (Phi) is 6.91. The van der Waals surface area contributed by atoms with Gasteiger partial charge in [0.15, 0.2) is 18.1 Å². The van der Waals surface area contributed by atoms with Crippen molar-refractivity contribution in [2.45, 2.75) is 6.54 Å². The van der Waals surface area contributed by atoms with E-state index in [1.807, 2.05) is 0 Å². The highest BCUT2D eigenvalue weighted by Crippen LogP contribution is 2.26. The van der Waals surface area contributed by atoms with Gasteiger partial charge in [-0.15, -0.1) is 0 Å². The molecule has 0 aliphatic heterocycles. The van der Waals surface area contributed by atoms with Gasteiger partial charge in [-0.25, -0.2) is 0 Å². The number of nitro benzene ring substituents is 1. The second kappa shape index (κ2) is 10.4. The van der Waals surface area contributed by atoms with Gasteiger partial charge in [0.2, 0.25) is 5.91 Å². The molecule has 0 radical (unpaired) electrons. The Balaban J connectivity index is 1.35. The van der Waals surface area contributed by atoms with Crippen LogP contribution in [-0.4, -0.2) is 35.0 Å². The number of benzene rings is 3. The number of anilines is 2. The average molecular weight is 474 g/mol. The Labute approximate surface area is 200 Å². The first-order valence-electron chi connectivity index (χ1n) is 10.6. The van der Waals surface area contributed by atoms with Gasteiger partial charge in [-0.1, -0.05) is 18.2 Å². The van der Waals surface area contributed by atoms with Crippen LogP contribution in [0.4, 0.5) is 17.1 Å². The molecule has 0 aliphatic carbocycles. The average Bonchev–Trinajstić information content (AvgIpc) is 3.24. The van der Waals surface area contributed by atoms with Crippen molar-refractivity contribution < 1.29 is 24.0 Å². The predicted molar refractivity (Wildman–Crippen MR) is 131 cm³/mol. The standard InChI is InChI=1S/C25H22N4O6/c1-34-22-7-2-3-8-23(22)35-16-25(31)27-19-6-4-5-18(14-19)26-24(30)15-28-12-11-17-13-20(29(32)33)9-10-21(17)28/h2-14H,15-16H2,1H3,(H,26,30)(H,27,31). The minimum atomic E-state index is -0.458. The number of hydrogen-bond donors (Lipinski definition) is 2. The number of fused-ring (bicyclic) bond motifs is 1. The second-order valence-electron chi connectivity index (χ2n) is 7.56. The number of para-hydroxylation sites is 2. The summed E-state index contributed by atoms with van der Waals surface area (Å²) in [5.74, 6) is 0.327. The highest BCUT2D eigenvalue weighted by molar-refractivity contribution is 5.95. The molecule has 1 heterocycles. The van der Waals surface area contributed by atoms with Crippen LogP contribution in [0.3, 0.4) is 0 Å². The number of nitrogens with zero attached hydrogens (tertiary/aromatic N) is 2. The Hall–Kier alpha value is -4.86. The van der Waals surface area contributed by atoms with Gasteiger partial charge in [0, 0.05) is 40.6 Å². The molecule has 10 nitrogen and oxygen atoms in total. The van der Waals surface area contributed by atoms with E-state index < -0.39 is 4.92 Å². The lowest BCUT2D eigenvalue weighted by Crippen LogP contribution is -2.21. The summed E-state index contributed by atoms with van der Waals surface area (Å²) in [5.41, 5.74) is 1.70. The summed E-state index contributed by atoms with van der Waals surface area (Å²) < 4.78 is 12.4. The van der Waals surface area contributed by atoms with Crippen LogP contribution in [-0.2, 0) is 16.1 Å². The van der Waals surface area contributed by atoms with Gasteiger partial charge in [0.25, 0.3) is 11.6 Å². The summed E-state index contributed by atoms with van der Waals surface area (Å²) in [6, 6.07) is 20.0. The molecule has 3 aromatic carbocycles. The van der Waals surface area contributed by atoms with E-state index >= 15 is 0 Å². The van der Waals surface area contributed by atoms with Crippen LogP contribution in [0, 0.1) is 10.1 Å². The summed E-state index contributed by atoms with van der Waals surface area (Å²) in [5, 5.41) is 17.1. The largest absolute Gasteiger partial charge is 0.493 e. The first-order chi connectivity index (χ1) is 16.9. The maximum Gasteiger partial charge on any atom is 0.270 e. The molecule has 0 atom stereocenters. The van der Waals surface area contributed by atoms with Crippen LogP contribution in [0.1, 0.15) is 0 Å². The molecule has 35 heavy (non-hydrogen) atoms. The van der Waals surface area contributed by atoms with Gasteiger partial charge in [0.1, 0.15) is 6.54 Å². The molecule has 0 aliphatic rings. The van der Waals surface area contributed by atoms with Crippen molar-refractivity contribution in [1.29, 1.82) is 0 Å². The molecule has 0 unspecified atom stereocenters. The van der Waals surface area contributed by atoms with Crippen molar-refractivity contribution >= 4 is 39.8 Å². The Morgan fingerprint density at radius 2 is 1.63 bits per heavy atom. The van der Waals surface area contributed by atoms with Crippen molar-refractivity contribution in [1.82, 2.24) is 4.57 Å². The Morgan fingerprint density at radius 3 is 2.34 bits per heavy atom. The zero-order valence-corrected chi connectivity index (χ0v) is 18.8. The number of methoxy groups -OCH3 is 1. The molecular formula is C25H22N4O6. The van der Waals surface area contributed by atoms with Crippen LogP contribution >= 0.6 is 0 Å². The zero-order chi connectivity index (χ0) is 24.8. The van der Waals surface area contributed by atoms with Crippen molar-refractivity contribution in [2.75, 3.05) is 24.4 Å². The SMILES string of the molecule is COc1ccccc1OCC(=O)Nc1cccc(NC(=O)Cn2ccc3cc([N+](=O)[O-])ccc32)c1. The fourth-order valence-electron chi connectivity index (χ4n) is 3.55. The Morgan fingerprint density at radius 1 is 0.914 bits per heavy atom. The fourth-order valence-corrected chi connectivity index (χ4v) is 3.55. The molecule has 178 valence electrons. The zero-order valence-electron chi connectivity index (χ0n) is 18.8. The molecule has 0 saturated heterocycles. The van der Waals surface area contributed by atoms with Crippen molar-refractivity contribution in [2.24, 2.45) is 0 Å². The van der Waals surface area contributed by atoms with E-state index in [1.54, 1.807) is 71.4 Å². The lowest BCUT2D eigenvalue weighted by atomic mass is 10.2. The molecule has 10 heteroatoms. The van der Waals surface area contributed by atoms with Crippen LogP contribution in [0.2, 0.25) is 0 Å². The lowest BCUT2D eigenvalue weighted by molar-refractivity contribution is -0.384. The highest BCUT2D eigenvalue weighted by Gasteiger charge is 2.12. The number of amides is 2. The number of rotatable bonds is 9. The van der Waals surface area contributed by atoms with Crippen LogP contribution in [0.15, 0.2) is 79.0 Å². The molecule has 1 aromatic heterocycles. The van der Waals surface area contributed by atoms with Crippen LogP contribution < -0.4 is 20.1 Å². The van der Waals surface area contributed by atoms with Gasteiger partial charge >= 0.3 is 0 Å². The monoisotopic (exact) mass is 474 g/mol. The molecule has 0 bridgehead atoms. The minimum Gasteiger partial charge on any atom is -0.493 e. The van der Waals surface area contributed by atoms with Crippen LogP contribution in [0.5, 0.6) is 11.5 Å². The third-order valence-electron chi connectivity index (χ3n) is 5.14. The van der Waals surface area contributed by atoms with Gasteiger partial charge in [0.05, 0.1) is 12.0 Å². The van der Waals surface area contributed by atoms with E-state index in [0.717, 1.165) is 0 Å². The topological polar surface area (TPSA) is 125 Å². The van der Waals surface area contributed by atoms with Crippen molar-refractivity contribution in [3.63, 3.8) is 0 Å². The van der Waals surface area contributed by atoms with E-state index in [-0.39, 0.29) is 30.7 Å². The molecule has 0 fully saturated rings. The third-order valence-corrected chi connectivity index (χ3v) is 5.14. The number of ether oxygens (including phenoxy) is 2. The fraction of sp³-hybridized carbons (Fsp3) is 0.120. The summed E-state index contributed by atoms with van der Waals surface area (Å²) in [4.78, 5) is 35.4. The summed E-state index contributed by atoms with van der Waals surface area (Å²) in [7, 11) is 1.52. The molecule has 4 aromatic rings. The molecule has 2 amide bonds. The quantitative estimate of drug-likeness (QED) is 0.277. The molecule has 0 saturated carbocycles. The van der Waals surface area contributed by atoms with E-state index in [1.165, 1.54) is 19.2 Å². The van der Waals surface area contributed by atoms with Crippen molar-refractivity contribution in [3.8, 4) is 11.5 Å². The van der Waals surface area contributed by atoms with Gasteiger partial charge in [-0.3, -0.25) is 19.7 Å². The minimum absolute atomic E-state index is 0.00753. The normalized spacial score (nSPS) is 10.5. The first-order valence-corrected chi connectivity index (χ1v) is 10.6. The maximum atomic E-state index is 12.6. The van der Waals surface area contributed by atoms with E-state index in [0.29, 0.717) is 33.8 Å². The number of hydrogen-bond acceptors (Lipinski definition) is 6. The van der Waals surface area contributed by atoms with Gasteiger partial charge in [-0.05, 0) is 42.5 Å². The summed E-state index contributed by atoms with van der Waals surface area (Å²) >= 11 is 0. The van der Waals surface area contributed by atoms with E-state index in [4.69, 9.17) is 9.47 Å². The lowest BCUT2D eigenvalue weighted by Gasteiger charge is -2.12. The molecule has 2 N–H and O–H groups in total. The summed E-state index contributed by atoms with van der Waals surface area (Å²) in [6.45, 7) is -0.194. The Bertz CT molecular complexity index is 1400. The van der Waals surface area contributed by atoms with E-state index in [9.17, 15) is 19.7 Å².